The molecule has 0 radical (unpaired) electrons. The Morgan fingerprint density at radius 2 is 0.846 bits per heavy atom. The van der Waals surface area contributed by atoms with Gasteiger partial charge in [-0.3, -0.25) is 0 Å². The standard InChI is InChI=1S/C46H30N4O2/c1-3-9-37-35(7-1)45-39(11-5-21-47-45)49(37)29-15-19-33-31-17-13-27(23-41(31)51-43(33)25-29)28-14-18-32-34-20-16-30(26-44(34)52-42(32)24-28)50-38-10-4-2-8-36(38)46-40(50)12-6-22-48-46/h1-20,23-26,47-48H,21-22H2. The molecule has 0 saturated heterocycles. The van der Waals surface area contributed by atoms with Gasteiger partial charge in [0, 0.05) is 68.9 Å². The summed E-state index contributed by atoms with van der Waals surface area (Å²) in [4.78, 5) is 0. The van der Waals surface area contributed by atoms with Gasteiger partial charge in [0.05, 0.1) is 33.8 Å². The minimum atomic E-state index is 0.833. The average Bonchev–Trinajstić information content (AvgIpc) is 3.94. The Morgan fingerprint density at radius 3 is 1.33 bits per heavy atom. The smallest absolute Gasteiger partial charge is 0.137 e. The number of nitrogens with one attached hydrogen (secondary N) is 2. The van der Waals surface area contributed by atoms with Crippen molar-refractivity contribution in [1.82, 2.24) is 9.13 Å². The number of hydrogen-bond donors (Lipinski definition) is 2. The summed E-state index contributed by atoms with van der Waals surface area (Å²) < 4.78 is 17.8. The normalized spacial score (nSPS) is 13.8. The molecule has 0 aliphatic carbocycles. The molecule has 0 atom stereocenters. The van der Waals surface area contributed by atoms with E-state index >= 15 is 0 Å². The Hall–Kier alpha value is -6.92. The van der Waals surface area contributed by atoms with Crippen LogP contribution in [0.3, 0.4) is 0 Å². The monoisotopic (exact) mass is 670 g/mol. The third kappa shape index (κ3) is 3.83. The van der Waals surface area contributed by atoms with Crippen molar-refractivity contribution >= 4 is 89.2 Å². The van der Waals surface area contributed by atoms with Crippen LogP contribution in [0.1, 0.15) is 11.4 Å². The molecule has 0 saturated carbocycles. The first-order chi connectivity index (χ1) is 25.8. The number of hydrogen-bond acceptors (Lipinski definition) is 4. The predicted molar refractivity (Wildman–Crippen MR) is 215 cm³/mol. The van der Waals surface area contributed by atoms with Crippen LogP contribution < -0.4 is 10.6 Å². The van der Waals surface area contributed by atoms with Crippen molar-refractivity contribution in [3.05, 3.63) is 145 Å². The lowest BCUT2D eigenvalue weighted by Gasteiger charge is -2.13. The van der Waals surface area contributed by atoms with E-state index in [1.165, 1.54) is 33.2 Å². The molecule has 6 nitrogen and oxygen atoms in total. The van der Waals surface area contributed by atoms with Crippen molar-refractivity contribution < 1.29 is 8.83 Å². The highest BCUT2D eigenvalue weighted by Gasteiger charge is 2.21. The first-order valence-corrected chi connectivity index (χ1v) is 17.8. The predicted octanol–water partition coefficient (Wildman–Crippen LogP) is 11.9. The van der Waals surface area contributed by atoms with Crippen LogP contribution in [0.2, 0.25) is 0 Å². The highest BCUT2D eigenvalue weighted by atomic mass is 16.3. The van der Waals surface area contributed by atoms with E-state index in [2.05, 4.69) is 165 Å². The molecule has 2 N–H and O–H groups in total. The number of anilines is 2. The number of benzene rings is 6. The van der Waals surface area contributed by atoms with E-state index in [0.717, 1.165) is 90.9 Å². The molecule has 0 fully saturated rings. The van der Waals surface area contributed by atoms with E-state index in [1.54, 1.807) is 0 Å². The molecule has 10 aromatic rings. The zero-order valence-corrected chi connectivity index (χ0v) is 28.0. The van der Waals surface area contributed by atoms with Crippen LogP contribution in [0, 0.1) is 0 Å². The summed E-state index contributed by atoms with van der Waals surface area (Å²) in [6, 6.07) is 43.2. The summed E-state index contributed by atoms with van der Waals surface area (Å²) >= 11 is 0. The number of fused-ring (bicyclic) bond motifs is 12. The molecule has 4 aromatic heterocycles. The van der Waals surface area contributed by atoms with Gasteiger partial charge in [-0.05, 0) is 83.9 Å². The summed E-state index contributed by atoms with van der Waals surface area (Å²) in [6.45, 7) is 1.67. The van der Waals surface area contributed by atoms with Crippen molar-refractivity contribution in [2.45, 2.75) is 0 Å². The molecule has 6 aromatic carbocycles. The van der Waals surface area contributed by atoms with Crippen molar-refractivity contribution in [2.75, 3.05) is 23.7 Å². The molecular formula is C46H30N4O2. The van der Waals surface area contributed by atoms with Gasteiger partial charge in [0.2, 0.25) is 0 Å². The van der Waals surface area contributed by atoms with Crippen LogP contribution in [0.4, 0.5) is 11.4 Å². The van der Waals surface area contributed by atoms with Gasteiger partial charge in [0.15, 0.2) is 0 Å². The van der Waals surface area contributed by atoms with E-state index in [-0.39, 0.29) is 0 Å². The lowest BCUT2D eigenvalue weighted by Crippen LogP contribution is -2.05. The van der Waals surface area contributed by atoms with Crippen LogP contribution in [-0.4, -0.2) is 22.2 Å². The van der Waals surface area contributed by atoms with Crippen LogP contribution in [0.15, 0.2) is 142 Å². The van der Waals surface area contributed by atoms with Crippen molar-refractivity contribution in [2.24, 2.45) is 0 Å². The summed E-state index contributed by atoms with van der Waals surface area (Å²) in [5, 5.41) is 14.0. The maximum Gasteiger partial charge on any atom is 0.137 e. The Balaban J connectivity index is 0.939. The minimum Gasteiger partial charge on any atom is -0.456 e. The van der Waals surface area contributed by atoms with Gasteiger partial charge in [-0.1, -0.05) is 60.7 Å². The highest BCUT2D eigenvalue weighted by Crippen LogP contribution is 2.41. The van der Waals surface area contributed by atoms with Crippen LogP contribution >= 0.6 is 0 Å². The van der Waals surface area contributed by atoms with Crippen LogP contribution in [0.5, 0.6) is 0 Å². The van der Waals surface area contributed by atoms with E-state index in [1.807, 2.05) is 0 Å². The lowest BCUT2D eigenvalue weighted by atomic mass is 10.0. The van der Waals surface area contributed by atoms with Crippen molar-refractivity contribution in [3.63, 3.8) is 0 Å². The molecular weight excluding hydrogens is 641 g/mol. The summed E-state index contributed by atoms with van der Waals surface area (Å²) in [7, 11) is 0. The lowest BCUT2D eigenvalue weighted by molar-refractivity contribution is 0.667. The van der Waals surface area contributed by atoms with Crippen molar-refractivity contribution in [3.8, 4) is 22.5 Å². The van der Waals surface area contributed by atoms with Gasteiger partial charge in [0.1, 0.15) is 22.3 Å². The van der Waals surface area contributed by atoms with Gasteiger partial charge in [0.25, 0.3) is 0 Å². The summed E-state index contributed by atoms with van der Waals surface area (Å²) in [5.74, 6) is 0. The Labute approximate surface area is 297 Å². The second-order valence-electron chi connectivity index (χ2n) is 13.8. The zero-order chi connectivity index (χ0) is 33.9. The first-order valence-electron chi connectivity index (χ1n) is 17.8. The van der Waals surface area contributed by atoms with E-state index in [0.29, 0.717) is 0 Å². The molecule has 0 unspecified atom stereocenters. The molecule has 6 heterocycles. The fourth-order valence-electron chi connectivity index (χ4n) is 8.59. The van der Waals surface area contributed by atoms with Gasteiger partial charge in [-0.25, -0.2) is 0 Å². The van der Waals surface area contributed by atoms with E-state index in [9.17, 15) is 0 Å². The van der Waals surface area contributed by atoms with E-state index < -0.39 is 0 Å². The second-order valence-corrected chi connectivity index (χ2v) is 13.8. The molecule has 12 rings (SSSR count). The Morgan fingerprint density at radius 1 is 0.423 bits per heavy atom. The summed E-state index contributed by atoms with van der Waals surface area (Å²) in [5.41, 5.74) is 14.8. The van der Waals surface area contributed by atoms with E-state index in [4.69, 9.17) is 8.83 Å². The largest absolute Gasteiger partial charge is 0.456 e. The maximum absolute atomic E-state index is 6.58. The number of nitrogens with zero attached hydrogens (tertiary/aromatic N) is 2. The Bertz CT molecular complexity index is 2980. The fraction of sp³-hybridized carbons (Fsp3) is 0.0435. The first kappa shape index (κ1) is 27.9. The van der Waals surface area contributed by atoms with Gasteiger partial charge < -0.3 is 28.6 Å². The van der Waals surface area contributed by atoms with Crippen LogP contribution in [0.25, 0.3) is 100 Å². The molecule has 0 bridgehead atoms. The van der Waals surface area contributed by atoms with Crippen LogP contribution in [-0.2, 0) is 0 Å². The summed E-state index contributed by atoms with van der Waals surface area (Å²) in [6.07, 6.45) is 8.77. The minimum absolute atomic E-state index is 0.833. The molecule has 52 heavy (non-hydrogen) atoms. The zero-order valence-electron chi connectivity index (χ0n) is 28.0. The molecule has 0 spiro atoms. The van der Waals surface area contributed by atoms with Gasteiger partial charge in [-0.2, -0.15) is 0 Å². The van der Waals surface area contributed by atoms with Gasteiger partial charge >= 0.3 is 0 Å². The second kappa shape index (κ2) is 10.3. The molecule has 246 valence electrons. The third-order valence-corrected chi connectivity index (χ3v) is 10.9. The Kier molecular flexibility index (Phi) is 5.52. The maximum atomic E-state index is 6.58. The topological polar surface area (TPSA) is 60.2 Å². The third-order valence-electron chi connectivity index (χ3n) is 10.9. The molecule has 6 heteroatoms. The van der Waals surface area contributed by atoms with Crippen molar-refractivity contribution in [1.29, 1.82) is 0 Å². The number of rotatable bonds is 3. The number of furan rings is 2. The number of aromatic nitrogens is 2. The van der Waals surface area contributed by atoms with Gasteiger partial charge in [-0.15, -0.1) is 0 Å². The molecule has 0 amide bonds. The molecule has 2 aliphatic heterocycles. The number of para-hydroxylation sites is 2. The quantitative estimate of drug-likeness (QED) is 0.196. The molecule has 2 aliphatic rings. The average molecular weight is 671 g/mol. The fourth-order valence-corrected chi connectivity index (χ4v) is 8.59. The SMILES string of the molecule is C1=Cc2c(c3ccccc3n2-c2ccc3c(c2)oc2cc(-c4ccc5c(c4)oc4cc(-n6c7c(c8ccccc86)NCC=C7)ccc45)ccc23)NC1. The highest BCUT2D eigenvalue weighted by molar-refractivity contribution is 6.09.